The van der Waals surface area contributed by atoms with E-state index in [-0.39, 0.29) is 0 Å². The summed E-state index contributed by atoms with van der Waals surface area (Å²) in [7, 11) is 0. The minimum absolute atomic E-state index is 1.06. The molecular weight excluding hydrogens is 205 g/mol. The van der Waals surface area contributed by atoms with Crippen molar-refractivity contribution < 1.29 is 0 Å². The third kappa shape index (κ3) is 1.89. The van der Waals surface area contributed by atoms with Gasteiger partial charge < -0.3 is 0 Å². The van der Waals surface area contributed by atoms with Crippen LogP contribution in [0, 0.1) is 0 Å². The molecule has 1 rings (SSSR count). The molecule has 0 aromatic heterocycles. The van der Waals surface area contributed by atoms with Gasteiger partial charge in [-0.1, -0.05) is 0 Å². The average Bonchev–Trinajstić information content (AvgIpc) is 2.05. The van der Waals surface area contributed by atoms with Crippen molar-refractivity contribution in [1.29, 1.82) is 0 Å². The normalized spacial score (nSPS) is 23.5. The fraction of sp³-hybridized carbons (Fsp3) is 1.00. The first-order valence-corrected chi connectivity index (χ1v) is 11.0. The number of rotatable bonds is 2. The Morgan fingerprint density at radius 3 is 1.42 bits per heavy atom. The molecule has 0 radical (unpaired) electrons. The van der Waals surface area contributed by atoms with Crippen LogP contribution in [0.2, 0.25) is 20.0 Å². The molecule has 0 spiro atoms. The molecule has 0 unspecified atom stereocenters. The summed E-state index contributed by atoms with van der Waals surface area (Å²) in [6, 6.07) is 0. The average molecular weight is 229 g/mol. The molecule has 0 nitrogen and oxygen atoms in total. The van der Waals surface area contributed by atoms with Crippen molar-refractivity contribution in [3.8, 4) is 0 Å². The zero-order valence-corrected chi connectivity index (χ0v) is 11.3. The first kappa shape index (κ1) is 10.6. The Morgan fingerprint density at radius 2 is 1.17 bits per heavy atom. The molecule has 1 fully saturated rings. The van der Waals surface area contributed by atoms with Gasteiger partial charge in [-0.2, -0.15) is 0 Å². The van der Waals surface area contributed by atoms with Gasteiger partial charge in [0.25, 0.3) is 0 Å². The van der Waals surface area contributed by atoms with Crippen LogP contribution in [-0.2, 0) is 0 Å². The van der Waals surface area contributed by atoms with E-state index < -0.39 is 13.3 Å². The molecule has 0 bridgehead atoms. The van der Waals surface area contributed by atoms with Gasteiger partial charge in [-0.3, -0.25) is 0 Å². The van der Waals surface area contributed by atoms with Gasteiger partial charge in [0.1, 0.15) is 0 Å². The topological polar surface area (TPSA) is 0 Å². The molecule has 0 aromatic carbocycles. The molecule has 0 N–H and O–H groups in total. The van der Waals surface area contributed by atoms with Gasteiger partial charge in [0.2, 0.25) is 0 Å². The van der Waals surface area contributed by atoms with Crippen LogP contribution in [0.25, 0.3) is 0 Å². The van der Waals surface area contributed by atoms with E-state index in [1.807, 2.05) is 0 Å². The van der Waals surface area contributed by atoms with Gasteiger partial charge in [0.15, 0.2) is 0 Å². The summed E-state index contributed by atoms with van der Waals surface area (Å²) < 4.78 is 2.12. The first-order chi connectivity index (χ1) is 5.59. The Kier molecular flexibility index (Phi) is 3.69. The van der Waals surface area contributed by atoms with E-state index in [4.69, 9.17) is 0 Å². The third-order valence-electron chi connectivity index (χ3n) is 4.08. The van der Waals surface area contributed by atoms with Crippen LogP contribution in [-0.4, -0.2) is 13.3 Å². The fourth-order valence-corrected chi connectivity index (χ4v) is 15.0. The Labute approximate surface area is 80.5 Å². The van der Waals surface area contributed by atoms with Crippen molar-refractivity contribution in [2.45, 2.75) is 67.0 Å². The van der Waals surface area contributed by atoms with E-state index in [0.29, 0.717) is 0 Å². The van der Waals surface area contributed by atoms with Crippen molar-refractivity contribution in [2.75, 3.05) is 0 Å². The summed E-state index contributed by atoms with van der Waals surface area (Å²) in [5.74, 6) is 0. The van der Waals surface area contributed by atoms with Gasteiger partial charge in [0.05, 0.1) is 0 Å². The molecule has 12 heavy (non-hydrogen) atoms. The molecule has 0 amide bonds. The summed E-state index contributed by atoms with van der Waals surface area (Å²) in [4.78, 5) is 0. The summed E-state index contributed by atoms with van der Waals surface area (Å²) in [5.41, 5.74) is 0. The quantitative estimate of drug-likeness (QED) is 0.614. The van der Waals surface area contributed by atoms with E-state index in [0.717, 1.165) is 9.50 Å². The van der Waals surface area contributed by atoms with Crippen LogP contribution in [0.1, 0.15) is 47.0 Å². The van der Waals surface area contributed by atoms with E-state index >= 15 is 0 Å². The summed E-state index contributed by atoms with van der Waals surface area (Å²) in [6.07, 6.45) is 4.62. The summed E-state index contributed by atoms with van der Waals surface area (Å²) in [6.45, 7) is 9.97. The molecule has 0 aliphatic carbocycles. The number of hydrogen-bond donors (Lipinski definition) is 0. The molecule has 0 atom stereocenters. The molecule has 1 heteroatoms. The predicted molar refractivity (Wildman–Crippen MR) is 59.4 cm³/mol. The molecule has 72 valence electrons. The summed E-state index contributed by atoms with van der Waals surface area (Å²) >= 11 is -1.37. The van der Waals surface area contributed by atoms with E-state index in [1.54, 1.807) is 23.3 Å². The van der Waals surface area contributed by atoms with Gasteiger partial charge in [-0.25, -0.2) is 0 Å². The summed E-state index contributed by atoms with van der Waals surface area (Å²) in [5, 5.41) is 3.32. The van der Waals surface area contributed by atoms with Gasteiger partial charge in [-0.05, 0) is 0 Å². The van der Waals surface area contributed by atoms with Crippen LogP contribution >= 0.6 is 0 Å². The van der Waals surface area contributed by atoms with Gasteiger partial charge in [-0.15, -0.1) is 0 Å². The van der Waals surface area contributed by atoms with Crippen molar-refractivity contribution in [2.24, 2.45) is 0 Å². The molecule has 1 aliphatic heterocycles. The number of hydrogen-bond acceptors (Lipinski definition) is 0. The molecular formula is C11H24Ge. The Balaban J connectivity index is 2.70. The molecule has 0 saturated carbocycles. The maximum absolute atomic E-state index is 2.49. The zero-order chi connectivity index (χ0) is 9.19. The van der Waals surface area contributed by atoms with Crippen LogP contribution in [0.4, 0.5) is 0 Å². The predicted octanol–water partition coefficient (Wildman–Crippen LogP) is 4.44. The monoisotopic (exact) mass is 230 g/mol. The van der Waals surface area contributed by atoms with Crippen molar-refractivity contribution >= 4 is 13.3 Å². The first-order valence-electron chi connectivity index (χ1n) is 5.59. The second kappa shape index (κ2) is 4.17. The fourth-order valence-electron chi connectivity index (χ4n) is 3.03. The van der Waals surface area contributed by atoms with E-state index in [9.17, 15) is 0 Å². The van der Waals surface area contributed by atoms with Gasteiger partial charge >= 0.3 is 80.2 Å². The molecule has 0 aromatic rings. The SMILES string of the molecule is C[CH](C)[Ge]1([CH](C)C)[CH2]CCC[CH2]1. The van der Waals surface area contributed by atoms with Crippen molar-refractivity contribution in [3.05, 3.63) is 0 Å². The van der Waals surface area contributed by atoms with Crippen LogP contribution < -0.4 is 0 Å². The van der Waals surface area contributed by atoms with Gasteiger partial charge in [0, 0.05) is 0 Å². The van der Waals surface area contributed by atoms with Crippen LogP contribution in [0.15, 0.2) is 0 Å². The van der Waals surface area contributed by atoms with Crippen LogP contribution in [0.3, 0.4) is 0 Å². The van der Waals surface area contributed by atoms with Crippen molar-refractivity contribution in [3.63, 3.8) is 0 Å². The minimum atomic E-state index is -1.37. The molecule has 1 heterocycles. The zero-order valence-electron chi connectivity index (χ0n) is 9.19. The molecule has 1 saturated heterocycles. The second-order valence-electron chi connectivity index (χ2n) is 5.10. The Bertz CT molecular complexity index is 122. The Hall–Kier alpha value is 0.543. The van der Waals surface area contributed by atoms with Crippen molar-refractivity contribution in [1.82, 2.24) is 0 Å². The maximum atomic E-state index is 2.49. The Morgan fingerprint density at radius 1 is 0.750 bits per heavy atom. The van der Waals surface area contributed by atoms with Crippen LogP contribution in [0.5, 0.6) is 0 Å². The standard InChI is InChI=1S/C11H24Ge/c1-10(2)12(11(3)4)8-6-5-7-9-12/h10-11H,5-9H2,1-4H3. The van der Waals surface area contributed by atoms with E-state index in [1.165, 1.54) is 6.42 Å². The van der Waals surface area contributed by atoms with E-state index in [2.05, 4.69) is 27.7 Å². The molecule has 1 aliphatic rings. The third-order valence-corrected chi connectivity index (χ3v) is 19.1. The second-order valence-corrected chi connectivity index (χ2v) is 17.2.